The van der Waals surface area contributed by atoms with E-state index in [2.05, 4.69) is 60.7 Å². The van der Waals surface area contributed by atoms with Crippen LogP contribution in [-0.2, 0) is 11.4 Å². The second kappa shape index (κ2) is 11.3. The molecule has 0 radical (unpaired) electrons. The van der Waals surface area contributed by atoms with E-state index in [1.54, 1.807) is 6.21 Å². The number of amides is 1. The van der Waals surface area contributed by atoms with Crippen LogP contribution in [0.2, 0.25) is 0 Å². The molecule has 0 bridgehead atoms. The van der Waals surface area contributed by atoms with Crippen molar-refractivity contribution in [3.05, 3.63) is 93.7 Å². The summed E-state index contributed by atoms with van der Waals surface area (Å²) < 4.78 is 7.02. The number of hydrazone groups is 1. The second-order valence-corrected chi connectivity index (χ2v) is 9.48. The van der Waals surface area contributed by atoms with Gasteiger partial charge in [-0.15, -0.1) is 0 Å². The molecule has 0 saturated carbocycles. The summed E-state index contributed by atoms with van der Waals surface area (Å²) in [4.78, 5) is 20.9. The molecule has 1 amide bonds. The topological polar surface area (TPSA) is 76.5 Å². The zero-order valence-corrected chi connectivity index (χ0v) is 21.2. The maximum absolute atomic E-state index is 12.2. The van der Waals surface area contributed by atoms with Crippen LogP contribution in [-0.4, -0.2) is 27.8 Å². The molecule has 0 fully saturated rings. The average Bonchev–Trinajstić information content (AvgIpc) is 2.82. The van der Waals surface area contributed by atoms with Crippen LogP contribution in [0.4, 0.5) is 0 Å². The number of hydrogen-bond acceptors (Lipinski definition) is 6. The number of benzene rings is 3. The number of ether oxygens (including phenoxy) is 1. The number of carbonyl (C=O) groups excluding carboxylic acids is 1. The van der Waals surface area contributed by atoms with Crippen LogP contribution in [0.1, 0.15) is 22.5 Å². The standard InChI is InChI=1S/C26H23BrN4O2S/c1-17-12-18(2)30-26(29-17)34-16-25(32)31-28-14-21-13-22(27)10-11-24(21)33-15-20-8-5-7-19-6-3-4-9-23(19)20/h3-14H,15-16H2,1-2H3,(H,31,32)/b28-14+. The molecule has 1 N–H and O–H groups in total. The van der Waals surface area contributed by atoms with Crippen molar-refractivity contribution in [1.29, 1.82) is 0 Å². The average molecular weight is 535 g/mol. The lowest BCUT2D eigenvalue weighted by Crippen LogP contribution is -2.20. The number of nitrogens with one attached hydrogen (secondary N) is 1. The molecular weight excluding hydrogens is 512 g/mol. The molecule has 0 saturated heterocycles. The highest BCUT2D eigenvalue weighted by Crippen LogP contribution is 2.25. The third-order valence-corrected chi connectivity index (χ3v) is 6.26. The number of halogens is 1. The minimum Gasteiger partial charge on any atom is -0.488 e. The summed E-state index contributed by atoms with van der Waals surface area (Å²) in [6, 6.07) is 22.0. The van der Waals surface area contributed by atoms with E-state index in [0.29, 0.717) is 17.5 Å². The Hall–Kier alpha value is -3.23. The van der Waals surface area contributed by atoms with Crippen molar-refractivity contribution < 1.29 is 9.53 Å². The van der Waals surface area contributed by atoms with Gasteiger partial charge in [0.2, 0.25) is 0 Å². The fraction of sp³-hybridized carbons (Fsp3) is 0.154. The fourth-order valence-corrected chi connectivity index (χ4v) is 4.54. The number of fused-ring (bicyclic) bond motifs is 1. The first-order chi connectivity index (χ1) is 16.5. The number of hydrogen-bond donors (Lipinski definition) is 1. The monoisotopic (exact) mass is 534 g/mol. The van der Waals surface area contributed by atoms with Crippen molar-refractivity contribution in [3.63, 3.8) is 0 Å². The Labute approximate surface area is 211 Å². The zero-order chi connectivity index (χ0) is 23.9. The molecule has 6 nitrogen and oxygen atoms in total. The van der Waals surface area contributed by atoms with E-state index >= 15 is 0 Å². The van der Waals surface area contributed by atoms with Gasteiger partial charge in [-0.3, -0.25) is 4.79 Å². The van der Waals surface area contributed by atoms with Gasteiger partial charge in [0.25, 0.3) is 5.91 Å². The maximum atomic E-state index is 12.2. The molecule has 0 spiro atoms. The Balaban J connectivity index is 1.39. The van der Waals surface area contributed by atoms with Crippen molar-refractivity contribution in [3.8, 4) is 5.75 Å². The summed E-state index contributed by atoms with van der Waals surface area (Å²) >= 11 is 4.76. The smallest absolute Gasteiger partial charge is 0.250 e. The number of aryl methyl sites for hydroxylation is 2. The molecule has 34 heavy (non-hydrogen) atoms. The van der Waals surface area contributed by atoms with Gasteiger partial charge in [-0.1, -0.05) is 70.2 Å². The molecule has 4 rings (SSSR count). The minimum absolute atomic E-state index is 0.170. The number of thioether (sulfide) groups is 1. The lowest BCUT2D eigenvalue weighted by molar-refractivity contribution is -0.118. The number of aromatic nitrogens is 2. The summed E-state index contributed by atoms with van der Waals surface area (Å²) in [7, 11) is 0. The molecular formula is C26H23BrN4O2S. The van der Waals surface area contributed by atoms with Crippen LogP contribution < -0.4 is 10.2 Å². The van der Waals surface area contributed by atoms with E-state index in [4.69, 9.17) is 4.74 Å². The third-order valence-electron chi connectivity index (χ3n) is 4.92. The van der Waals surface area contributed by atoms with Crippen molar-refractivity contribution in [2.45, 2.75) is 25.6 Å². The Kier molecular flexibility index (Phi) is 7.92. The molecule has 1 aromatic heterocycles. The first-order valence-electron chi connectivity index (χ1n) is 10.6. The first kappa shape index (κ1) is 23.9. The van der Waals surface area contributed by atoms with Crippen molar-refractivity contribution >= 4 is 50.6 Å². The van der Waals surface area contributed by atoms with Crippen LogP contribution in [0.5, 0.6) is 5.75 Å². The van der Waals surface area contributed by atoms with Gasteiger partial charge in [0.15, 0.2) is 5.16 Å². The summed E-state index contributed by atoms with van der Waals surface area (Å²) in [6.45, 7) is 4.23. The highest BCUT2D eigenvalue weighted by molar-refractivity contribution is 9.10. The Morgan fingerprint density at radius 2 is 1.82 bits per heavy atom. The van der Waals surface area contributed by atoms with Crippen molar-refractivity contribution in [2.75, 3.05) is 5.75 Å². The molecule has 1 heterocycles. The van der Waals surface area contributed by atoms with Gasteiger partial charge in [-0.2, -0.15) is 5.10 Å². The van der Waals surface area contributed by atoms with Gasteiger partial charge in [-0.25, -0.2) is 15.4 Å². The van der Waals surface area contributed by atoms with E-state index in [1.807, 2.05) is 56.3 Å². The van der Waals surface area contributed by atoms with Gasteiger partial charge in [0.1, 0.15) is 12.4 Å². The van der Waals surface area contributed by atoms with E-state index in [0.717, 1.165) is 32.4 Å². The summed E-state index contributed by atoms with van der Waals surface area (Å²) in [6.07, 6.45) is 1.58. The molecule has 4 aromatic rings. The Morgan fingerprint density at radius 1 is 1.06 bits per heavy atom. The van der Waals surface area contributed by atoms with E-state index in [9.17, 15) is 4.79 Å². The highest BCUT2D eigenvalue weighted by atomic mass is 79.9. The summed E-state index contributed by atoms with van der Waals surface area (Å²) in [5.74, 6) is 0.604. The zero-order valence-electron chi connectivity index (χ0n) is 18.8. The summed E-state index contributed by atoms with van der Waals surface area (Å²) in [5, 5.41) is 7.03. The minimum atomic E-state index is -0.239. The van der Waals surface area contributed by atoms with Crippen LogP contribution in [0, 0.1) is 13.8 Å². The third kappa shape index (κ3) is 6.42. The van der Waals surface area contributed by atoms with Gasteiger partial charge in [-0.05, 0) is 54.4 Å². The van der Waals surface area contributed by atoms with Crippen LogP contribution in [0.3, 0.4) is 0 Å². The molecule has 3 aromatic carbocycles. The number of rotatable bonds is 8. The lowest BCUT2D eigenvalue weighted by atomic mass is 10.1. The lowest BCUT2D eigenvalue weighted by Gasteiger charge is -2.11. The SMILES string of the molecule is Cc1cc(C)nc(SCC(=O)N/N=C/c2cc(Br)ccc2OCc2cccc3ccccc23)n1. The van der Waals surface area contributed by atoms with E-state index < -0.39 is 0 Å². The molecule has 0 unspecified atom stereocenters. The molecule has 0 aliphatic rings. The van der Waals surface area contributed by atoms with Crippen molar-refractivity contribution in [2.24, 2.45) is 5.10 Å². The quantitative estimate of drug-likeness (QED) is 0.133. The molecule has 0 aliphatic carbocycles. The summed E-state index contributed by atoms with van der Waals surface area (Å²) in [5.41, 5.74) is 6.16. The van der Waals surface area contributed by atoms with Crippen LogP contribution >= 0.6 is 27.7 Å². The Morgan fingerprint density at radius 3 is 2.65 bits per heavy atom. The predicted octanol–water partition coefficient (Wildman–Crippen LogP) is 5.83. The normalized spacial score (nSPS) is 11.1. The van der Waals surface area contributed by atoms with Gasteiger partial charge in [0.05, 0.1) is 12.0 Å². The largest absolute Gasteiger partial charge is 0.488 e. The van der Waals surface area contributed by atoms with Gasteiger partial charge in [0, 0.05) is 21.4 Å². The Bertz CT molecular complexity index is 1330. The maximum Gasteiger partial charge on any atom is 0.250 e. The highest BCUT2D eigenvalue weighted by Gasteiger charge is 2.08. The second-order valence-electron chi connectivity index (χ2n) is 7.62. The van der Waals surface area contributed by atoms with Gasteiger partial charge < -0.3 is 4.74 Å². The molecule has 0 aliphatic heterocycles. The molecule has 0 atom stereocenters. The van der Waals surface area contributed by atoms with Crippen LogP contribution in [0.25, 0.3) is 10.8 Å². The molecule has 8 heteroatoms. The number of nitrogens with zero attached hydrogens (tertiary/aromatic N) is 3. The number of carbonyl (C=O) groups is 1. The predicted molar refractivity (Wildman–Crippen MR) is 140 cm³/mol. The van der Waals surface area contributed by atoms with E-state index in [1.165, 1.54) is 17.1 Å². The molecule has 172 valence electrons. The van der Waals surface area contributed by atoms with Crippen LogP contribution in [0.15, 0.2) is 81.5 Å². The van der Waals surface area contributed by atoms with Gasteiger partial charge >= 0.3 is 0 Å². The first-order valence-corrected chi connectivity index (χ1v) is 12.4. The van der Waals surface area contributed by atoms with E-state index in [-0.39, 0.29) is 11.7 Å². The fourth-order valence-electron chi connectivity index (χ4n) is 3.42. The van der Waals surface area contributed by atoms with Crippen molar-refractivity contribution in [1.82, 2.24) is 15.4 Å².